The van der Waals surface area contributed by atoms with Crippen LogP contribution in [0.5, 0.6) is 0 Å². The number of carboxylic acid groups (broad SMARTS) is 2. The van der Waals surface area contributed by atoms with Gasteiger partial charge in [0.1, 0.15) is 6.04 Å². The van der Waals surface area contributed by atoms with Gasteiger partial charge in [-0.2, -0.15) is 5.48 Å². The number of carbonyl (C=O) groups is 2. The second-order valence-corrected chi connectivity index (χ2v) is 1.62. The molecule has 10 heavy (non-hydrogen) atoms. The summed E-state index contributed by atoms with van der Waals surface area (Å²) in [6, 6.07) is -1.43. The monoisotopic (exact) mass is 149 g/mol. The molecule has 0 rings (SSSR count). The van der Waals surface area contributed by atoms with Crippen molar-refractivity contribution in [3.8, 4) is 0 Å². The second kappa shape index (κ2) is 3.80. The molecule has 6 heteroatoms. The molecule has 0 heterocycles. The van der Waals surface area contributed by atoms with E-state index in [1.807, 2.05) is 0 Å². The topological polar surface area (TPSA) is 107 Å². The number of aliphatic carboxylic acids is 2. The summed E-state index contributed by atoms with van der Waals surface area (Å²) in [7, 11) is 0. The van der Waals surface area contributed by atoms with E-state index < -0.39 is 24.4 Å². The van der Waals surface area contributed by atoms with Crippen LogP contribution in [0.3, 0.4) is 0 Å². The Kier molecular flexibility index (Phi) is 3.37. The average molecular weight is 149 g/mol. The van der Waals surface area contributed by atoms with Crippen molar-refractivity contribution >= 4 is 11.9 Å². The van der Waals surface area contributed by atoms with Crippen molar-refractivity contribution in [1.82, 2.24) is 5.48 Å². The number of carboxylic acids is 2. The lowest BCUT2D eigenvalue weighted by Gasteiger charge is -2.04. The van der Waals surface area contributed by atoms with Crippen molar-refractivity contribution < 1.29 is 25.0 Å². The fraction of sp³-hybridized carbons (Fsp3) is 0.500. The van der Waals surface area contributed by atoms with Gasteiger partial charge in [0.05, 0.1) is 6.42 Å². The number of hydroxylamine groups is 1. The molecule has 6 nitrogen and oxygen atoms in total. The van der Waals surface area contributed by atoms with E-state index in [4.69, 9.17) is 15.4 Å². The molecule has 0 fully saturated rings. The molecule has 0 aliphatic rings. The van der Waals surface area contributed by atoms with Gasteiger partial charge in [-0.15, -0.1) is 0 Å². The summed E-state index contributed by atoms with van der Waals surface area (Å²) in [5, 5.41) is 24.2. The van der Waals surface area contributed by atoms with Crippen molar-refractivity contribution in [2.75, 3.05) is 0 Å². The Morgan fingerprint density at radius 1 is 1.40 bits per heavy atom. The largest absolute Gasteiger partial charge is 0.481 e. The third-order valence-electron chi connectivity index (χ3n) is 0.833. The Hall–Kier alpha value is -1.14. The lowest BCUT2D eigenvalue weighted by molar-refractivity contribution is -0.148. The van der Waals surface area contributed by atoms with Crippen LogP contribution >= 0.6 is 0 Å². The maximum atomic E-state index is 9.98. The van der Waals surface area contributed by atoms with Crippen molar-refractivity contribution in [1.29, 1.82) is 0 Å². The van der Waals surface area contributed by atoms with E-state index in [0.717, 1.165) is 0 Å². The Bertz CT molecular complexity index is 145. The Labute approximate surface area is 56.0 Å². The highest BCUT2D eigenvalue weighted by molar-refractivity contribution is 5.80. The summed E-state index contributed by atoms with van der Waals surface area (Å²) < 4.78 is 0. The zero-order chi connectivity index (χ0) is 8.15. The molecule has 0 spiro atoms. The summed E-state index contributed by atoms with van der Waals surface area (Å²) in [6.45, 7) is 0. The fourth-order valence-electron chi connectivity index (χ4n) is 0.363. The molecule has 0 bridgehead atoms. The average Bonchev–Trinajstić information content (AvgIpc) is 1.81. The van der Waals surface area contributed by atoms with Crippen LogP contribution in [-0.4, -0.2) is 33.4 Å². The van der Waals surface area contributed by atoms with E-state index in [1.54, 1.807) is 0 Å². The van der Waals surface area contributed by atoms with E-state index in [2.05, 4.69) is 0 Å². The Morgan fingerprint density at radius 2 is 1.90 bits per heavy atom. The third kappa shape index (κ3) is 3.00. The number of hydrogen-bond donors (Lipinski definition) is 4. The molecular weight excluding hydrogens is 142 g/mol. The molecule has 0 aliphatic heterocycles. The van der Waals surface area contributed by atoms with Gasteiger partial charge in [-0.3, -0.25) is 9.59 Å². The number of nitrogens with one attached hydrogen (secondary N) is 1. The van der Waals surface area contributed by atoms with Crippen molar-refractivity contribution in [2.45, 2.75) is 12.5 Å². The summed E-state index contributed by atoms with van der Waals surface area (Å²) >= 11 is 0. The van der Waals surface area contributed by atoms with Gasteiger partial charge < -0.3 is 15.4 Å². The van der Waals surface area contributed by atoms with Crippen LogP contribution in [0.4, 0.5) is 0 Å². The Balaban J connectivity index is 3.83. The van der Waals surface area contributed by atoms with E-state index in [1.165, 1.54) is 5.48 Å². The van der Waals surface area contributed by atoms with Gasteiger partial charge in [-0.05, 0) is 0 Å². The summed E-state index contributed by atoms with van der Waals surface area (Å²) in [4.78, 5) is 19.8. The quantitative estimate of drug-likeness (QED) is 0.378. The van der Waals surface area contributed by atoms with E-state index in [0.29, 0.717) is 0 Å². The highest BCUT2D eigenvalue weighted by atomic mass is 16.5. The first-order valence-electron chi connectivity index (χ1n) is 2.42. The molecule has 4 N–H and O–H groups in total. The van der Waals surface area contributed by atoms with E-state index in [9.17, 15) is 9.59 Å². The number of rotatable bonds is 4. The standard InChI is InChI=1S/C4H7NO5/c6-3(7)1-2(5-10)4(8)9/h2,5,10H,1H2,(H,6,7)(H,8,9). The molecule has 1 unspecified atom stereocenters. The normalized spacial score (nSPS) is 12.5. The highest BCUT2D eigenvalue weighted by Crippen LogP contribution is 1.89. The summed E-state index contributed by atoms with van der Waals surface area (Å²) in [5.41, 5.74) is 1.35. The van der Waals surface area contributed by atoms with Gasteiger partial charge in [0.25, 0.3) is 0 Å². The van der Waals surface area contributed by atoms with Crippen molar-refractivity contribution in [3.05, 3.63) is 0 Å². The predicted octanol–water partition coefficient (Wildman–Crippen LogP) is -1.11. The summed E-state index contributed by atoms with van der Waals surface area (Å²) in [5.74, 6) is -2.68. The minimum absolute atomic E-state index is 0.647. The van der Waals surface area contributed by atoms with Crippen LogP contribution in [-0.2, 0) is 9.59 Å². The zero-order valence-corrected chi connectivity index (χ0v) is 4.94. The maximum Gasteiger partial charge on any atom is 0.323 e. The first-order chi connectivity index (χ1) is 4.57. The van der Waals surface area contributed by atoms with Gasteiger partial charge in [-0.1, -0.05) is 0 Å². The first kappa shape index (κ1) is 8.86. The zero-order valence-electron chi connectivity index (χ0n) is 4.94. The molecular formula is C4H7NO5. The predicted molar refractivity (Wildman–Crippen MR) is 28.6 cm³/mol. The maximum absolute atomic E-state index is 9.98. The SMILES string of the molecule is O=C(O)CC(NO)C(=O)O. The van der Waals surface area contributed by atoms with Gasteiger partial charge in [0, 0.05) is 0 Å². The van der Waals surface area contributed by atoms with Crippen LogP contribution < -0.4 is 5.48 Å². The molecule has 0 saturated carbocycles. The molecule has 1 atom stereocenters. The summed E-state index contributed by atoms with van der Waals surface area (Å²) in [6.07, 6.45) is -0.647. The third-order valence-corrected chi connectivity index (χ3v) is 0.833. The molecule has 0 aromatic heterocycles. The van der Waals surface area contributed by atoms with Gasteiger partial charge >= 0.3 is 11.9 Å². The molecule has 0 aliphatic carbocycles. The first-order valence-corrected chi connectivity index (χ1v) is 2.42. The van der Waals surface area contributed by atoms with Crippen LogP contribution in [0.25, 0.3) is 0 Å². The minimum Gasteiger partial charge on any atom is -0.481 e. The molecule has 0 amide bonds. The number of hydrogen-bond acceptors (Lipinski definition) is 4. The van der Waals surface area contributed by atoms with Gasteiger partial charge in [0.2, 0.25) is 0 Å². The van der Waals surface area contributed by atoms with Gasteiger partial charge in [0.15, 0.2) is 0 Å². The smallest absolute Gasteiger partial charge is 0.323 e. The fourth-order valence-corrected chi connectivity index (χ4v) is 0.363. The second-order valence-electron chi connectivity index (χ2n) is 1.62. The van der Waals surface area contributed by atoms with Gasteiger partial charge in [-0.25, -0.2) is 0 Å². The highest BCUT2D eigenvalue weighted by Gasteiger charge is 2.18. The van der Waals surface area contributed by atoms with Crippen molar-refractivity contribution in [3.63, 3.8) is 0 Å². The van der Waals surface area contributed by atoms with Crippen LogP contribution in [0.1, 0.15) is 6.42 Å². The van der Waals surface area contributed by atoms with E-state index >= 15 is 0 Å². The van der Waals surface area contributed by atoms with Crippen molar-refractivity contribution in [2.24, 2.45) is 0 Å². The van der Waals surface area contributed by atoms with Crippen LogP contribution in [0.15, 0.2) is 0 Å². The molecule has 0 aromatic rings. The minimum atomic E-state index is -1.43. The lowest BCUT2D eigenvalue weighted by Crippen LogP contribution is -2.36. The van der Waals surface area contributed by atoms with Crippen LogP contribution in [0, 0.1) is 0 Å². The molecule has 58 valence electrons. The Morgan fingerprint density at radius 3 is 2.00 bits per heavy atom. The van der Waals surface area contributed by atoms with Crippen LogP contribution in [0.2, 0.25) is 0 Å². The molecule has 0 radical (unpaired) electrons. The molecule has 0 aromatic carbocycles. The molecule has 0 saturated heterocycles. The lowest BCUT2D eigenvalue weighted by atomic mass is 10.2. The van der Waals surface area contributed by atoms with E-state index in [-0.39, 0.29) is 0 Å².